The van der Waals surface area contributed by atoms with Gasteiger partial charge in [-0.2, -0.15) is 0 Å². The zero-order valence-corrected chi connectivity index (χ0v) is 9.93. The van der Waals surface area contributed by atoms with Gasteiger partial charge in [0.1, 0.15) is 12.3 Å². The van der Waals surface area contributed by atoms with E-state index < -0.39 is 5.97 Å². The van der Waals surface area contributed by atoms with Gasteiger partial charge in [-0.1, -0.05) is 0 Å². The molecule has 0 aliphatic carbocycles. The summed E-state index contributed by atoms with van der Waals surface area (Å²) in [5.74, 6) is 0.228. The highest BCUT2D eigenvalue weighted by atomic mass is 16.5. The summed E-state index contributed by atoms with van der Waals surface area (Å²) in [6.45, 7) is 2.23. The van der Waals surface area contributed by atoms with Crippen LogP contribution in [0.15, 0.2) is 22.8 Å². The topological polar surface area (TPSA) is 71.8 Å². The molecule has 0 atom stereocenters. The highest BCUT2D eigenvalue weighted by molar-refractivity contribution is 5.80. The van der Waals surface area contributed by atoms with E-state index >= 15 is 0 Å². The van der Waals surface area contributed by atoms with Gasteiger partial charge in [0.25, 0.3) is 0 Å². The Morgan fingerprint density at radius 1 is 1.53 bits per heavy atom. The second-order valence-corrected chi connectivity index (χ2v) is 3.40. The fourth-order valence-electron chi connectivity index (χ4n) is 1.20. The highest BCUT2D eigenvalue weighted by Crippen LogP contribution is 2.03. The van der Waals surface area contributed by atoms with Crippen LogP contribution in [0.1, 0.15) is 12.7 Å². The average Bonchev–Trinajstić information content (AvgIpc) is 2.79. The third-order valence-electron chi connectivity index (χ3n) is 2.01. The summed E-state index contributed by atoms with van der Waals surface area (Å²) in [6, 6.07) is 3.17. The molecule has 0 bridgehead atoms. The molecule has 0 unspecified atom stereocenters. The molecular formula is C11H16N2O4. The zero-order valence-electron chi connectivity index (χ0n) is 9.93. The number of furan rings is 1. The molecule has 1 aromatic heterocycles. The van der Waals surface area contributed by atoms with Crippen molar-refractivity contribution in [3.05, 3.63) is 24.2 Å². The average molecular weight is 240 g/mol. The van der Waals surface area contributed by atoms with E-state index in [2.05, 4.69) is 10.1 Å². The van der Waals surface area contributed by atoms with Crippen LogP contribution in [0.4, 0.5) is 4.79 Å². The molecule has 2 amide bonds. The minimum absolute atomic E-state index is 0.130. The number of ether oxygens (including phenoxy) is 1. The lowest BCUT2D eigenvalue weighted by atomic mass is 10.4. The van der Waals surface area contributed by atoms with Gasteiger partial charge in [0.05, 0.1) is 19.4 Å². The predicted octanol–water partition coefficient (Wildman–Crippen LogP) is 0.984. The van der Waals surface area contributed by atoms with Gasteiger partial charge in [-0.05, 0) is 19.1 Å². The van der Waals surface area contributed by atoms with Crippen LogP contribution in [-0.4, -0.2) is 37.1 Å². The lowest BCUT2D eigenvalue weighted by molar-refractivity contribution is -0.141. The first-order valence-corrected chi connectivity index (χ1v) is 5.30. The highest BCUT2D eigenvalue weighted by Gasteiger charge is 2.11. The number of urea groups is 1. The standard InChI is InChI=1S/C11H16N2O4/c1-3-16-10(14)7-12-11(15)13(2)8-9-5-4-6-17-9/h4-6H,3,7-8H2,1-2H3,(H,12,15). The van der Waals surface area contributed by atoms with Crippen LogP contribution in [-0.2, 0) is 16.1 Å². The van der Waals surface area contributed by atoms with Crippen LogP contribution in [0.5, 0.6) is 0 Å². The van der Waals surface area contributed by atoms with E-state index in [4.69, 9.17) is 4.42 Å². The molecule has 6 heteroatoms. The van der Waals surface area contributed by atoms with Gasteiger partial charge < -0.3 is 19.4 Å². The van der Waals surface area contributed by atoms with Crippen LogP contribution in [0.3, 0.4) is 0 Å². The second kappa shape index (κ2) is 6.57. The summed E-state index contributed by atoms with van der Waals surface area (Å²) < 4.78 is 9.79. The Hall–Kier alpha value is -1.98. The Labute approximate surface area is 99.5 Å². The summed E-state index contributed by atoms with van der Waals surface area (Å²) in [4.78, 5) is 24.0. The minimum Gasteiger partial charge on any atom is -0.467 e. The summed E-state index contributed by atoms with van der Waals surface area (Å²) in [5, 5.41) is 2.45. The molecule has 1 N–H and O–H groups in total. The van der Waals surface area contributed by atoms with Crippen molar-refractivity contribution < 1.29 is 18.7 Å². The monoisotopic (exact) mass is 240 g/mol. The number of carbonyl (C=O) groups is 2. The molecule has 0 fully saturated rings. The smallest absolute Gasteiger partial charge is 0.325 e. The molecule has 0 aliphatic heterocycles. The van der Waals surface area contributed by atoms with Crippen LogP contribution in [0, 0.1) is 0 Å². The van der Waals surface area contributed by atoms with Crippen molar-refractivity contribution in [2.45, 2.75) is 13.5 Å². The van der Waals surface area contributed by atoms with E-state index in [-0.39, 0.29) is 12.6 Å². The summed E-state index contributed by atoms with van der Waals surface area (Å²) in [7, 11) is 1.61. The Morgan fingerprint density at radius 3 is 2.88 bits per heavy atom. The molecular weight excluding hydrogens is 224 g/mol. The number of esters is 1. The summed E-state index contributed by atoms with van der Waals surface area (Å²) >= 11 is 0. The van der Waals surface area contributed by atoms with Gasteiger partial charge in [0.2, 0.25) is 0 Å². The van der Waals surface area contributed by atoms with E-state index in [1.807, 2.05) is 0 Å². The third kappa shape index (κ3) is 4.58. The summed E-state index contributed by atoms with van der Waals surface area (Å²) in [5.41, 5.74) is 0. The number of hydrogen-bond acceptors (Lipinski definition) is 4. The summed E-state index contributed by atoms with van der Waals surface area (Å²) in [6.07, 6.45) is 1.54. The maximum atomic E-state index is 11.5. The fourth-order valence-corrected chi connectivity index (χ4v) is 1.20. The van der Waals surface area contributed by atoms with Gasteiger partial charge >= 0.3 is 12.0 Å². The third-order valence-corrected chi connectivity index (χ3v) is 2.01. The molecule has 0 radical (unpaired) electrons. The quantitative estimate of drug-likeness (QED) is 0.779. The van der Waals surface area contributed by atoms with Crippen molar-refractivity contribution in [2.75, 3.05) is 20.2 Å². The second-order valence-electron chi connectivity index (χ2n) is 3.40. The molecule has 6 nitrogen and oxygen atoms in total. The fraction of sp³-hybridized carbons (Fsp3) is 0.455. The van der Waals surface area contributed by atoms with Gasteiger partial charge in [-0.25, -0.2) is 4.79 Å². The molecule has 0 saturated carbocycles. The predicted molar refractivity (Wildman–Crippen MR) is 60.2 cm³/mol. The molecule has 17 heavy (non-hydrogen) atoms. The first-order chi connectivity index (χ1) is 8.13. The molecule has 0 aliphatic rings. The molecule has 0 spiro atoms. The van der Waals surface area contributed by atoms with Crippen molar-refractivity contribution in [2.24, 2.45) is 0 Å². The van der Waals surface area contributed by atoms with Crippen LogP contribution in [0.25, 0.3) is 0 Å². The van der Waals surface area contributed by atoms with Gasteiger partial charge in [0, 0.05) is 7.05 Å². The van der Waals surface area contributed by atoms with E-state index in [9.17, 15) is 9.59 Å². The van der Waals surface area contributed by atoms with Gasteiger partial charge in [-0.3, -0.25) is 4.79 Å². The van der Waals surface area contributed by atoms with Gasteiger partial charge in [-0.15, -0.1) is 0 Å². The molecule has 1 aromatic rings. The lowest BCUT2D eigenvalue weighted by Crippen LogP contribution is -2.39. The number of carbonyl (C=O) groups excluding carboxylic acids is 2. The van der Waals surface area contributed by atoms with Crippen LogP contribution < -0.4 is 5.32 Å². The SMILES string of the molecule is CCOC(=O)CNC(=O)N(C)Cc1ccco1. The Balaban J connectivity index is 2.29. The van der Waals surface area contributed by atoms with Crippen molar-refractivity contribution >= 4 is 12.0 Å². The van der Waals surface area contributed by atoms with E-state index in [0.29, 0.717) is 18.9 Å². The molecule has 94 valence electrons. The molecule has 1 heterocycles. The van der Waals surface area contributed by atoms with Gasteiger partial charge in [0.15, 0.2) is 0 Å². The lowest BCUT2D eigenvalue weighted by Gasteiger charge is -2.16. The normalized spacial score (nSPS) is 9.76. The Morgan fingerprint density at radius 2 is 2.29 bits per heavy atom. The number of hydrogen-bond donors (Lipinski definition) is 1. The van der Waals surface area contributed by atoms with E-state index in [1.54, 1.807) is 32.4 Å². The van der Waals surface area contributed by atoms with Crippen LogP contribution >= 0.6 is 0 Å². The molecule has 0 aromatic carbocycles. The first-order valence-electron chi connectivity index (χ1n) is 5.30. The van der Waals surface area contributed by atoms with E-state index in [1.165, 1.54) is 4.90 Å². The Kier molecular flexibility index (Phi) is 5.06. The number of rotatable bonds is 5. The first kappa shape index (κ1) is 13.1. The van der Waals surface area contributed by atoms with Crippen LogP contribution in [0.2, 0.25) is 0 Å². The zero-order chi connectivity index (χ0) is 12.7. The Bertz CT molecular complexity index is 362. The number of nitrogens with zero attached hydrogens (tertiary/aromatic N) is 1. The largest absolute Gasteiger partial charge is 0.467 e. The van der Waals surface area contributed by atoms with E-state index in [0.717, 1.165) is 0 Å². The van der Waals surface area contributed by atoms with Crippen molar-refractivity contribution in [3.63, 3.8) is 0 Å². The number of amides is 2. The van der Waals surface area contributed by atoms with Crippen molar-refractivity contribution in [1.29, 1.82) is 0 Å². The molecule has 1 rings (SSSR count). The minimum atomic E-state index is -0.452. The number of nitrogens with one attached hydrogen (secondary N) is 1. The maximum absolute atomic E-state index is 11.5. The van der Waals surface area contributed by atoms with Crippen molar-refractivity contribution in [3.8, 4) is 0 Å². The molecule has 0 saturated heterocycles. The maximum Gasteiger partial charge on any atom is 0.325 e. The van der Waals surface area contributed by atoms with Crippen molar-refractivity contribution in [1.82, 2.24) is 10.2 Å².